The summed E-state index contributed by atoms with van der Waals surface area (Å²) >= 11 is 6.05. The summed E-state index contributed by atoms with van der Waals surface area (Å²) in [6, 6.07) is 15.2. The summed E-state index contributed by atoms with van der Waals surface area (Å²) in [5.41, 5.74) is 3.06. The average Bonchev–Trinajstić information content (AvgIpc) is 3.14. The summed E-state index contributed by atoms with van der Waals surface area (Å²) in [7, 11) is 1.60. The maximum atomic E-state index is 13.6. The second kappa shape index (κ2) is 10.6. The van der Waals surface area contributed by atoms with Gasteiger partial charge in [0.15, 0.2) is 0 Å². The van der Waals surface area contributed by atoms with E-state index in [1.165, 1.54) is 5.56 Å². The number of imidazole rings is 1. The van der Waals surface area contributed by atoms with E-state index < -0.39 is 0 Å². The smallest absolute Gasteiger partial charge is 0.328 e. The van der Waals surface area contributed by atoms with Crippen LogP contribution in [0.25, 0.3) is 0 Å². The van der Waals surface area contributed by atoms with Gasteiger partial charge in [-0.25, -0.2) is 4.79 Å². The molecule has 3 aromatic rings. The van der Waals surface area contributed by atoms with Crippen LogP contribution in [0.3, 0.4) is 0 Å². The fourth-order valence-corrected chi connectivity index (χ4v) is 5.05. The number of benzene rings is 2. The van der Waals surface area contributed by atoms with Gasteiger partial charge in [0.1, 0.15) is 11.4 Å². The van der Waals surface area contributed by atoms with E-state index in [1.807, 2.05) is 26.0 Å². The van der Waals surface area contributed by atoms with Crippen LogP contribution in [0.5, 0.6) is 5.75 Å². The highest BCUT2D eigenvalue weighted by atomic mass is 35.5. The van der Waals surface area contributed by atoms with Gasteiger partial charge in [-0.15, -0.1) is 0 Å². The summed E-state index contributed by atoms with van der Waals surface area (Å²) in [5, 5.41) is 0.758. The maximum Gasteiger partial charge on any atom is 0.328 e. The Bertz CT molecular complexity index is 1190. The van der Waals surface area contributed by atoms with Gasteiger partial charge in [0.25, 0.3) is 0 Å². The third-order valence-electron chi connectivity index (χ3n) is 6.83. The molecule has 0 saturated carbocycles. The molecule has 6 nitrogen and oxygen atoms in total. The predicted octanol–water partition coefficient (Wildman–Crippen LogP) is 4.96. The zero-order valence-electron chi connectivity index (χ0n) is 20.1. The van der Waals surface area contributed by atoms with E-state index in [2.05, 4.69) is 17.0 Å². The molecule has 1 aliphatic heterocycles. The number of halogens is 1. The van der Waals surface area contributed by atoms with Gasteiger partial charge >= 0.3 is 5.69 Å². The molecule has 0 radical (unpaired) electrons. The molecule has 7 heteroatoms. The Morgan fingerprint density at radius 3 is 2.15 bits per heavy atom. The molecule has 2 heterocycles. The summed E-state index contributed by atoms with van der Waals surface area (Å²) in [5.74, 6) is 1.07. The Kier molecular flexibility index (Phi) is 7.59. The van der Waals surface area contributed by atoms with E-state index in [4.69, 9.17) is 16.3 Å². The third kappa shape index (κ3) is 4.84. The van der Waals surface area contributed by atoms with Crippen molar-refractivity contribution in [3.05, 3.63) is 86.6 Å². The topological polar surface area (TPSA) is 56.5 Å². The quantitative estimate of drug-likeness (QED) is 0.426. The van der Waals surface area contributed by atoms with Gasteiger partial charge in [0.2, 0.25) is 5.78 Å². The van der Waals surface area contributed by atoms with Crippen LogP contribution >= 0.6 is 11.6 Å². The van der Waals surface area contributed by atoms with E-state index in [1.54, 1.807) is 40.5 Å². The highest BCUT2D eigenvalue weighted by Gasteiger charge is 2.28. The number of ether oxygens (including phenoxy) is 1. The highest BCUT2D eigenvalue weighted by Crippen LogP contribution is 2.30. The van der Waals surface area contributed by atoms with E-state index in [9.17, 15) is 9.59 Å². The molecule has 1 aromatic heterocycles. The number of hydrogen-bond acceptors (Lipinski definition) is 4. The van der Waals surface area contributed by atoms with Crippen molar-refractivity contribution >= 4 is 17.4 Å². The van der Waals surface area contributed by atoms with Gasteiger partial charge in [-0.1, -0.05) is 23.7 Å². The molecule has 34 heavy (non-hydrogen) atoms. The number of carbonyl (C=O) groups excluding carboxylic acids is 1. The maximum absolute atomic E-state index is 13.6. The molecule has 0 unspecified atom stereocenters. The Morgan fingerprint density at radius 1 is 0.971 bits per heavy atom. The molecule has 1 aliphatic rings. The van der Waals surface area contributed by atoms with Crippen molar-refractivity contribution in [2.24, 2.45) is 0 Å². The van der Waals surface area contributed by atoms with Gasteiger partial charge in [-0.2, -0.15) is 0 Å². The van der Waals surface area contributed by atoms with E-state index in [0.29, 0.717) is 42.6 Å². The second-order valence-electron chi connectivity index (χ2n) is 8.73. The van der Waals surface area contributed by atoms with Crippen LogP contribution < -0.4 is 10.4 Å². The lowest BCUT2D eigenvalue weighted by molar-refractivity contribution is 0.102. The Labute approximate surface area is 205 Å². The zero-order chi connectivity index (χ0) is 24.2. The number of methoxy groups -OCH3 is 1. The lowest BCUT2D eigenvalue weighted by Crippen LogP contribution is -2.34. The van der Waals surface area contributed by atoms with Crippen molar-refractivity contribution in [2.75, 3.05) is 20.2 Å². The van der Waals surface area contributed by atoms with Gasteiger partial charge in [0.05, 0.1) is 12.8 Å². The van der Waals surface area contributed by atoms with Crippen LogP contribution in [0.15, 0.2) is 53.3 Å². The van der Waals surface area contributed by atoms with Crippen molar-refractivity contribution in [1.82, 2.24) is 14.0 Å². The number of nitrogens with zero attached hydrogens (tertiary/aromatic N) is 3. The number of piperidine rings is 1. The molecule has 2 aromatic carbocycles. The standard InChI is InChI=1S/C27H32ClN3O3/c1-4-30-24(18-29-16-14-20(15-17-29)19-6-10-22(28)11-7-19)25(31(5-2)27(30)33)26(32)21-8-12-23(34-3)13-9-21/h6-13,20H,4-5,14-18H2,1-3H3. The molecular formula is C27H32ClN3O3. The zero-order valence-corrected chi connectivity index (χ0v) is 20.8. The molecule has 1 fully saturated rings. The van der Waals surface area contributed by atoms with Gasteiger partial charge in [-0.3, -0.25) is 18.8 Å². The first-order chi connectivity index (χ1) is 16.5. The summed E-state index contributed by atoms with van der Waals surface area (Å²) in [6.07, 6.45) is 2.07. The minimum absolute atomic E-state index is 0.118. The molecule has 0 aliphatic carbocycles. The number of aromatic nitrogens is 2. The number of likely N-dealkylation sites (tertiary alicyclic amines) is 1. The predicted molar refractivity (Wildman–Crippen MR) is 135 cm³/mol. The number of rotatable bonds is 8. The molecule has 0 amide bonds. The van der Waals surface area contributed by atoms with E-state index in [0.717, 1.165) is 36.6 Å². The van der Waals surface area contributed by atoms with Crippen LogP contribution in [0.4, 0.5) is 0 Å². The Hall–Kier alpha value is -2.83. The van der Waals surface area contributed by atoms with Crippen molar-refractivity contribution in [3.8, 4) is 5.75 Å². The molecule has 4 rings (SSSR count). The van der Waals surface area contributed by atoms with Crippen LogP contribution in [-0.4, -0.2) is 40.0 Å². The number of ketones is 1. The SMILES string of the molecule is CCn1c(CN2CCC(c3ccc(Cl)cc3)CC2)c(C(=O)c2ccc(OC)cc2)n(CC)c1=O. The molecule has 1 saturated heterocycles. The molecular weight excluding hydrogens is 450 g/mol. The van der Waals surface area contributed by atoms with E-state index >= 15 is 0 Å². The van der Waals surface area contributed by atoms with Crippen LogP contribution in [0.2, 0.25) is 5.02 Å². The summed E-state index contributed by atoms with van der Waals surface area (Å²) in [4.78, 5) is 29.1. The van der Waals surface area contributed by atoms with Crippen LogP contribution in [0.1, 0.15) is 59.9 Å². The molecule has 0 bridgehead atoms. The monoisotopic (exact) mass is 481 g/mol. The Morgan fingerprint density at radius 2 is 1.59 bits per heavy atom. The largest absolute Gasteiger partial charge is 0.497 e. The first-order valence-electron chi connectivity index (χ1n) is 12.0. The highest BCUT2D eigenvalue weighted by molar-refractivity contribution is 6.30. The second-order valence-corrected chi connectivity index (χ2v) is 9.16. The molecule has 0 N–H and O–H groups in total. The van der Waals surface area contributed by atoms with Crippen LogP contribution in [-0.2, 0) is 19.6 Å². The molecule has 0 atom stereocenters. The lowest BCUT2D eigenvalue weighted by Gasteiger charge is -2.32. The molecule has 0 spiro atoms. The third-order valence-corrected chi connectivity index (χ3v) is 7.08. The van der Waals surface area contributed by atoms with Crippen molar-refractivity contribution in [1.29, 1.82) is 0 Å². The fourth-order valence-electron chi connectivity index (χ4n) is 4.92. The van der Waals surface area contributed by atoms with Crippen molar-refractivity contribution in [3.63, 3.8) is 0 Å². The van der Waals surface area contributed by atoms with Crippen LogP contribution in [0, 0.1) is 0 Å². The summed E-state index contributed by atoms with van der Waals surface area (Å²) in [6.45, 7) is 7.27. The minimum Gasteiger partial charge on any atom is -0.497 e. The van der Waals surface area contributed by atoms with Gasteiger partial charge in [0, 0.05) is 30.2 Å². The summed E-state index contributed by atoms with van der Waals surface area (Å²) < 4.78 is 8.60. The van der Waals surface area contributed by atoms with Crippen molar-refractivity contribution < 1.29 is 9.53 Å². The fraction of sp³-hybridized carbons (Fsp3) is 0.407. The lowest BCUT2D eigenvalue weighted by atomic mass is 9.89. The van der Waals surface area contributed by atoms with Crippen molar-refractivity contribution in [2.45, 2.75) is 52.2 Å². The first-order valence-corrected chi connectivity index (χ1v) is 12.3. The van der Waals surface area contributed by atoms with Gasteiger partial charge < -0.3 is 4.74 Å². The normalized spacial score (nSPS) is 14.9. The number of carbonyl (C=O) groups is 1. The number of hydrogen-bond donors (Lipinski definition) is 0. The van der Waals surface area contributed by atoms with Gasteiger partial charge in [-0.05, 0) is 87.7 Å². The van der Waals surface area contributed by atoms with E-state index in [-0.39, 0.29) is 11.5 Å². The Balaban J connectivity index is 1.59. The average molecular weight is 482 g/mol. The minimum atomic E-state index is -0.125. The first kappa shape index (κ1) is 24.3. The molecule has 180 valence electrons.